The number of anilines is 1. The van der Waals surface area contributed by atoms with E-state index < -0.39 is 28.7 Å². The zero-order valence-electron chi connectivity index (χ0n) is 20.2. The van der Waals surface area contributed by atoms with Crippen molar-refractivity contribution in [1.29, 1.82) is 0 Å². The molecule has 2 amide bonds. The molecule has 0 saturated heterocycles. The van der Waals surface area contributed by atoms with Crippen LogP contribution in [0, 0.1) is 0 Å². The summed E-state index contributed by atoms with van der Waals surface area (Å²) in [6.07, 6.45) is 0.752. The molecule has 0 spiro atoms. The van der Waals surface area contributed by atoms with Crippen molar-refractivity contribution in [1.82, 2.24) is 14.5 Å². The Morgan fingerprint density at radius 1 is 1.00 bits per heavy atom. The zero-order valence-corrected chi connectivity index (χ0v) is 22.6. The fourth-order valence-corrected chi connectivity index (χ4v) is 4.47. The molecule has 2 aromatic carbocycles. The van der Waals surface area contributed by atoms with E-state index in [2.05, 4.69) is 21.2 Å². The van der Waals surface area contributed by atoms with Gasteiger partial charge in [0.05, 0.1) is 5.69 Å². The molecule has 0 radical (unpaired) electrons. The third kappa shape index (κ3) is 7.28. The van der Waals surface area contributed by atoms with Crippen molar-refractivity contribution >= 4 is 43.6 Å². The minimum atomic E-state index is -3.96. The highest BCUT2D eigenvalue weighted by molar-refractivity contribution is 9.10. The summed E-state index contributed by atoms with van der Waals surface area (Å²) in [5.74, 6) is -0.773. The Kier molecular flexibility index (Phi) is 10.1. The number of halogens is 1. The average molecular weight is 554 g/mol. The monoisotopic (exact) mass is 552 g/mol. The lowest BCUT2D eigenvalue weighted by atomic mass is 10.1. The number of nitrogens with one attached hydrogen (secondary N) is 1. The van der Waals surface area contributed by atoms with Gasteiger partial charge in [0.25, 0.3) is 0 Å². The summed E-state index contributed by atoms with van der Waals surface area (Å²) in [6.45, 7) is 5.23. The molecule has 0 bridgehead atoms. The van der Waals surface area contributed by atoms with E-state index in [0.29, 0.717) is 5.69 Å². The van der Waals surface area contributed by atoms with Crippen molar-refractivity contribution in [3.8, 4) is 0 Å². The summed E-state index contributed by atoms with van der Waals surface area (Å²) >= 11 is 3.40. The van der Waals surface area contributed by atoms with Crippen molar-refractivity contribution in [3.63, 3.8) is 0 Å². The molecule has 0 aromatic heterocycles. The Balaban J connectivity index is 2.41. The standard InChI is InChI=1S/C24H33BrN4O4S/c1-6-18(2)26-24(31)19(3)28(16-20-12-14-21(25)15-13-20)23(30)17-29(34(32,33)27(4)5)22-10-8-7-9-11-22/h7-15,18-19H,6,16-17H2,1-5H3,(H,26,31)/t18-,19+/m0/s1. The number of carbonyl (C=O) groups excluding carboxylic acids is 2. The Hall–Kier alpha value is -2.43. The van der Waals surface area contributed by atoms with Crippen LogP contribution in [-0.2, 0) is 26.3 Å². The first kappa shape index (κ1) is 27.8. The van der Waals surface area contributed by atoms with E-state index in [1.165, 1.54) is 19.0 Å². The van der Waals surface area contributed by atoms with Crippen LogP contribution >= 0.6 is 15.9 Å². The number of rotatable bonds is 11. The van der Waals surface area contributed by atoms with Gasteiger partial charge in [-0.1, -0.05) is 53.2 Å². The quantitative estimate of drug-likeness (QED) is 0.462. The summed E-state index contributed by atoms with van der Waals surface area (Å²) in [5.41, 5.74) is 1.19. The Morgan fingerprint density at radius 3 is 2.12 bits per heavy atom. The number of carbonyl (C=O) groups is 2. The third-order valence-corrected chi connectivity index (χ3v) is 7.85. The van der Waals surface area contributed by atoms with Gasteiger partial charge in [0, 0.05) is 31.2 Å². The fourth-order valence-electron chi connectivity index (χ4n) is 3.15. The Labute approximate surface area is 211 Å². The van der Waals surface area contributed by atoms with E-state index in [1.807, 2.05) is 38.1 Å². The number of amides is 2. The smallest absolute Gasteiger partial charge is 0.304 e. The van der Waals surface area contributed by atoms with Crippen LogP contribution in [0.1, 0.15) is 32.8 Å². The van der Waals surface area contributed by atoms with Crippen LogP contribution in [0.15, 0.2) is 59.1 Å². The highest BCUT2D eigenvalue weighted by Crippen LogP contribution is 2.21. The van der Waals surface area contributed by atoms with E-state index in [4.69, 9.17) is 0 Å². The van der Waals surface area contributed by atoms with Crippen molar-refractivity contribution in [2.45, 2.75) is 45.8 Å². The summed E-state index contributed by atoms with van der Waals surface area (Å²) in [7, 11) is -1.13. The molecule has 0 saturated carbocycles. The maximum Gasteiger partial charge on any atom is 0.304 e. The van der Waals surface area contributed by atoms with Gasteiger partial charge in [0.15, 0.2) is 0 Å². The molecule has 1 N–H and O–H groups in total. The first-order valence-electron chi connectivity index (χ1n) is 11.1. The van der Waals surface area contributed by atoms with Crippen LogP contribution in [0.2, 0.25) is 0 Å². The fraction of sp³-hybridized carbons (Fsp3) is 0.417. The molecular formula is C24H33BrN4O4S. The van der Waals surface area contributed by atoms with Crippen LogP contribution in [0.25, 0.3) is 0 Å². The van der Waals surface area contributed by atoms with Crippen molar-refractivity contribution < 1.29 is 18.0 Å². The lowest BCUT2D eigenvalue weighted by molar-refractivity contribution is -0.139. The van der Waals surface area contributed by atoms with Gasteiger partial charge in [-0.3, -0.25) is 9.59 Å². The summed E-state index contributed by atoms with van der Waals surface area (Å²) in [5, 5.41) is 2.91. The molecule has 0 heterocycles. The molecule has 0 aliphatic carbocycles. The van der Waals surface area contributed by atoms with Crippen LogP contribution in [0.4, 0.5) is 5.69 Å². The van der Waals surface area contributed by atoms with Gasteiger partial charge in [-0.05, 0) is 50.1 Å². The second-order valence-electron chi connectivity index (χ2n) is 8.27. The molecule has 186 valence electrons. The molecule has 2 atom stereocenters. The second-order valence-corrected chi connectivity index (χ2v) is 11.3. The molecule has 0 unspecified atom stereocenters. The average Bonchev–Trinajstić information content (AvgIpc) is 2.81. The first-order valence-corrected chi connectivity index (χ1v) is 13.3. The van der Waals surface area contributed by atoms with Crippen molar-refractivity contribution in [2.24, 2.45) is 0 Å². The van der Waals surface area contributed by atoms with E-state index in [1.54, 1.807) is 37.3 Å². The highest BCUT2D eigenvalue weighted by Gasteiger charge is 2.32. The molecule has 0 fully saturated rings. The number of para-hydroxylation sites is 1. The molecule has 10 heteroatoms. The maximum atomic E-state index is 13.6. The van der Waals surface area contributed by atoms with Crippen LogP contribution in [-0.4, -0.2) is 62.2 Å². The molecular weight excluding hydrogens is 520 g/mol. The molecule has 34 heavy (non-hydrogen) atoms. The van der Waals surface area contributed by atoms with Crippen LogP contribution < -0.4 is 9.62 Å². The number of nitrogens with zero attached hydrogens (tertiary/aromatic N) is 3. The second kappa shape index (κ2) is 12.3. The first-order chi connectivity index (χ1) is 16.0. The van der Waals surface area contributed by atoms with Gasteiger partial charge in [-0.25, -0.2) is 4.31 Å². The molecule has 2 aromatic rings. The van der Waals surface area contributed by atoms with E-state index >= 15 is 0 Å². The number of hydrogen-bond donors (Lipinski definition) is 1. The molecule has 0 aliphatic heterocycles. The largest absolute Gasteiger partial charge is 0.352 e. The van der Waals surface area contributed by atoms with Gasteiger partial charge in [-0.2, -0.15) is 12.7 Å². The summed E-state index contributed by atoms with van der Waals surface area (Å²) in [4.78, 5) is 27.9. The van der Waals surface area contributed by atoms with E-state index in [-0.39, 0.29) is 18.5 Å². The number of hydrogen-bond acceptors (Lipinski definition) is 4. The lowest BCUT2D eigenvalue weighted by Crippen LogP contribution is -2.53. The van der Waals surface area contributed by atoms with Gasteiger partial charge < -0.3 is 10.2 Å². The Morgan fingerprint density at radius 2 is 1.59 bits per heavy atom. The van der Waals surface area contributed by atoms with Gasteiger partial charge in [0.1, 0.15) is 12.6 Å². The SMILES string of the molecule is CC[C@H](C)NC(=O)[C@@H](C)N(Cc1ccc(Br)cc1)C(=O)CN(c1ccccc1)S(=O)(=O)N(C)C. The zero-order chi connectivity index (χ0) is 25.5. The normalized spacial score (nSPS) is 13.3. The predicted octanol–water partition coefficient (Wildman–Crippen LogP) is 3.39. The van der Waals surface area contributed by atoms with Gasteiger partial charge >= 0.3 is 10.2 Å². The molecule has 2 rings (SSSR count). The van der Waals surface area contributed by atoms with Gasteiger partial charge in [-0.15, -0.1) is 0 Å². The maximum absolute atomic E-state index is 13.6. The molecule has 8 nitrogen and oxygen atoms in total. The van der Waals surface area contributed by atoms with Gasteiger partial charge in [0.2, 0.25) is 11.8 Å². The highest BCUT2D eigenvalue weighted by atomic mass is 79.9. The van der Waals surface area contributed by atoms with Crippen LogP contribution in [0.3, 0.4) is 0 Å². The van der Waals surface area contributed by atoms with E-state index in [9.17, 15) is 18.0 Å². The lowest BCUT2D eigenvalue weighted by Gasteiger charge is -2.33. The topological polar surface area (TPSA) is 90.0 Å². The third-order valence-electron chi connectivity index (χ3n) is 5.50. The van der Waals surface area contributed by atoms with Crippen molar-refractivity contribution in [3.05, 3.63) is 64.6 Å². The Bertz CT molecular complexity index is 1060. The minimum absolute atomic E-state index is 0.0467. The summed E-state index contributed by atoms with van der Waals surface area (Å²) < 4.78 is 29.2. The predicted molar refractivity (Wildman–Crippen MR) is 138 cm³/mol. The molecule has 0 aliphatic rings. The van der Waals surface area contributed by atoms with E-state index in [0.717, 1.165) is 25.1 Å². The van der Waals surface area contributed by atoms with Crippen molar-refractivity contribution in [2.75, 3.05) is 24.9 Å². The minimum Gasteiger partial charge on any atom is -0.352 e. The summed E-state index contributed by atoms with van der Waals surface area (Å²) in [6, 6.07) is 15.0. The number of benzene rings is 2. The van der Waals surface area contributed by atoms with Crippen LogP contribution in [0.5, 0.6) is 0 Å².